The number of fused-ring (bicyclic) bond motifs is 1. The van der Waals surface area contributed by atoms with Gasteiger partial charge in [0.15, 0.2) is 6.10 Å². The Morgan fingerprint density at radius 1 is 1.19 bits per heavy atom. The summed E-state index contributed by atoms with van der Waals surface area (Å²) in [7, 11) is 3.26. The second kappa shape index (κ2) is 7.31. The van der Waals surface area contributed by atoms with E-state index < -0.39 is 6.10 Å². The topological polar surface area (TPSA) is 48.0 Å². The lowest BCUT2D eigenvalue weighted by molar-refractivity contribution is -0.138. The Balaban J connectivity index is 1.56. The molecule has 1 fully saturated rings. The first kappa shape index (κ1) is 18.0. The van der Waals surface area contributed by atoms with E-state index in [9.17, 15) is 4.79 Å². The molecule has 2 aliphatic heterocycles. The van der Waals surface area contributed by atoms with Crippen LogP contribution in [0.25, 0.3) is 0 Å². The summed E-state index contributed by atoms with van der Waals surface area (Å²) < 4.78 is 16.8. The molecule has 0 spiro atoms. The van der Waals surface area contributed by atoms with Crippen LogP contribution in [0.1, 0.15) is 30.0 Å². The van der Waals surface area contributed by atoms with Crippen molar-refractivity contribution in [2.75, 3.05) is 20.8 Å². The molecule has 0 N–H and O–H groups in total. The third-order valence-corrected chi connectivity index (χ3v) is 5.54. The van der Waals surface area contributed by atoms with E-state index in [0.29, 0.717) is 11.4 Å². The molecule has 0 unspecified atom stereocenters. The molecule has 6 heteroatoms. The largest absolute Gasteiger partial charge is 0.497 e. The average Bonchev–Trinajstić information content (AvgIpc) is 3.33. The molecule has 0 aliphatic carbocycles. The van der Waals surface area contributed by atoms with Gasteiger partial charge in [-0.05, 0) is 48.7 Å². The van der Waals surface area contributed by atoms with E-state index in [1.807, 2.05) is 35.2 Å². The fourth-order valence-electron chi connectivity index (χ4n) is 3.99. The highest BCUT2D eigenvalue weighted by molar-refractivity contribution is 6.30. The van der Waals surface area contributed by atoms with E-state index in [4.69, 9.17) is 25.8 Å². The van der Waals surface area contributed by atoms with Crippen LogP contribution in [0.3, 0.4) is 0 Å². The minimum Gasteiger partial charge on any atom is -0.497 e. The molecule has 2 atom stereocenters. The van der Waals surface area contributed by atoms with Gasteiger partial charge in [-0.3, -0.25) is 4.79 Å². The van der Waals surface area contributed by atoms with E-state index in [-0.39, 0.29) is 11.9 Å². The lowest BCUT2D eigenvalue weighted by Crippen LogP contribution is -2.41. The molecular weight excluding hydrogens is 366 g/mol. The zero-order valence-electron chi connectivity index (χ0n) is 15.4. The van der Waals surface area contributed by atoms with Gasteiger partial charge >= 0.3 is 0 Å². The van der Waals surface area contributed by atoms with Gasteiger partial charge < -0.3 is 19.1 Å². The van der Waals surface area contributed by atoms with Gasteiger partial charge in [-0.1, -0.05) is 11.6 Å². The first-order chi connectivity index (χ1) is 13.1. The molecule has 2 heterocycles. The SMILES string of the molecule is COc1ccc([C@H]2CCCN2C(=O)[C@H]2Cc3cc(Cl)ccc3O2)c(OC)c1. The zero-order chi connectivity index (χ0) is 19.0. The Morgan fingerprint density at radius 2 is 2.04 bits per heavy atom. The third kappa shape index (κ3) is 3.32. The maximum Gasteiger partial charge on any atom is 0.264 e. The highest BCUT2D eigenvalue weighted by Crippen LogP contribution is 2.40. The Bertz CT molecular complexity index is 869. The van der Waals surface area contributed by atoms with Crippen LogP contribution in [0.4, 0.5) is 0 Å². The normalized spacial score (nSPS) is 20.9. The van der Waals surface area contributed by atoms with Gasteiger partial charge in [0.25, 0.3) is 5.91 Å². The summed E-state index contributed by atoms with van der Waals surface area (Å²) in [6, 6.07) is 11.2. The molecule has 27 heavy (non-hydrogen) atoms. The molecule has 1 amide bonds. The number of halogens is 1. The summed E-state index contributed by atoms with van der Waals surface area (Å²) in [5.41, 5.74) is 1.99. The van der Waals surface area contributed by atoms with Crippen molar-refractivity contribution >= 4 is 17.5 Å². The van der Waals surface area contributed by atoms with E-state index in [0.717, 1.165) is 47.8 Å². The summed E-state index contributed by atoms with van der Waals surface area (Å²) in [5, 5.41) is 0.660. The van der Waals surface area contributed by atoms with Crippen LogP contribution in [-0.4, -0.2) is 37.7 Å². The second-order valence-electron chi connectivity index (χ2n) is 6.86. The summed E-state index contributed by atoms with van der Waals surface area (Å²) in [6.07, 6.45) is 1.91. The molecule has 2 aliphatic rings. The van der Waals surface area contributed by atoms with Crippen molar-refractivity contribution in [3.05, 3.63) is 52.5 Å². The molecule has 142 valence electrons. The van der Waals surface area contributed by atoms with Crippen molar-refractivity contribution in [1.82, 2.24) is 4.90 Å². The molecule has 0 radical (unpaired) electrons. The number of amides is 1. The predicted molar refractivity (Wildman–Crippen MR) is 103 cm³/mol. The smallest absolute Gasteiger partial charge is 0.264 e. The zero-order valence-corrected chi connectivity index (χ0v) is 16.2. The summed E-state index contributed by atoms with van der Waals surface area (Å²) in [4.78, 5) is 15.1. The van der Waals surface area contributed by atoms with Crippen molar-refractivity contribution in [3.8, 4) is 17.2 Å². The summed E-state index contributed by atoms with van der Waals surface area (Å²) in [5.74, 6) is 2.23. The number of rotatable bonds is 4. The fraction of sp³-hybridized carbons (Fsp3) is 0.381. The van der Waals surface area contributed by atoms with E-state index in [1.54, 1.807) is 20.3 Å². The van der Waals surface area contributed by atoms with Crippen LogP contribution in [0.5, 0.6) is 17.2 Å². The van der Waals surface area contributed by atoms with Gasteiger partial charge in [-0.15, -0.1) is 0 Å². The fourth-order valence-corrected chi connectivity index (χ4v) is 4.18. The lowest BCUT2D eigenvalue weighted by Gasteiger charge is -2.28. The Labute approximate surface area is 163 Å². The van der Waals surface area contributed by atoms with Crippen LogP contribution in [-0.2, 0) is 11.2 Å². The molecule has 0 bridgehead atoms. The molecular formula is C21H22ClNO4. The van der Waals surface area contributed by atoms with Crippen LogP contribution < -0.4 is 14.2 Å². The number of hydrogen-bond acceptors (Lipinski definition) is 4. The molecule has 2 aromatic rings. The Kier molecular flexibility index (Phi) is 4.87. The number of nitrogens with zero attached hydrogens (tertiary/aromatic N) is 1. The summed E-state index contributed by atoms with van der Waals surface area (Å²) >= 11 is 6.06. The highest BCUT2D eigenvalue weighted by Gasteiger charge is 2.38. The van der Waals surface area contributed by atoms with Crippen molar-refractivity contribution in [1.29, 1.82) is 0 Å². The van der Waals surface area contributed by atoms with Crippen LogP contribution in [0, 0.1) is 0 Å². The quantitative estimate of drug-likeness (QED) is 0.794. The van der Waals surface area contributed by atoms with E-state index in [1.165, 1.54) is 0 Å². The molecule has 0 saturated carbocycles. The van der Waals surface area contributed by atoms with Gasteiger partial charge in [0, 0.05) is 29.6 Å². The Morgan fingerprint density at radius 3 is 2.81 bits per heavy atom. The lowest BCUT2D eigenvalue weighted by atomic mass is 10.0. The number of benzene rings is 2. The standard InChI is InChI=1S/C21H22ClNO4/c1-25-15-6-7-16(19(12-15)26-2)17-4-3-9-23(17)21(24)20-11-13-10-14(22)5-8-18(13)27-20/h5-8,10,12,17,20H,3-4,9,11H2,1-2H3/t17-,20-/m1/s1. The first-order valence-electron chi connectivity index (χ1n) is 9.08. The molecule has 2 aromatic carbocycles. The first-order valence-corrected chi connectivity index (χ1v) is 9.46. The minimum absolute atomic E-state index is 0.0164. The number of likely N-dealkylation sites (tertiary alicyclic amines) is 1. The van der Waals surface area contributed by atoms with Crippen molar-refractivity contribution in [2.24, 2.45) is 0 Å². The van der Waals surface area contributed by atoms with E-state index >= 15 is 0 Å². The van der Waals surface area contributed by atoms with Gasteiger partial charge in [0.05, 0.1) is 20.3 Å². The predicted octanol–water partition coefficient (Wildman–Crippen LogP) is 4.02. The van der Waals surface area contributed by atoms with Crippen LogP contribution >= 0.6 is 11.6 Å². The minimum atomic E-state index is -0.497. The van der Waals surface area contributed by atoms with Crippen LogP contribution in [0.15, 0.2) is 36.4 Å². The summed E-state index contributed by atoms with van der Waals surface area (Å²) in [6.45, 7) is 0.718. The maximum atomic E-state index is 13.2. The Hall–Kier alpha value is -2.40. The second-order valence-corrected chi connectivity index (χ2v) is 7.30. The number of carbonyl (C=O) groups excluding carboxylic acids is 1. The average molecular weight is 388 g/mol. The van der Waals surface area contributed by atoms with Gasteiger partial charge in [-0.25, -0.2) is 0 Å². The number of ether oxygens (including phenoxy) is 3. The molecule has 1 saturated heterocycles. The number of methoxy groups -OCH3 is 2. The van der Waals surface area contributed by atoms with Gasteiger partial charge in [0.2, 0.25) is 0 Å². The van der Waals surface area contributed by atoms with Crippen molar-refractivity contribution < 1.29 is 19.0 Å². The van der Waals surface area contributed by atoms with Crippen LogP contribution in [0.2, 0.25) is 5.02 Å². The maximum absolute atomic E-state index is 13.2. The van der Waals surface area contributed by atoms with Crippen molar-refractivity contribution in [3.63, 3.8) is 0 Å². The van der Waals surface area contributed by atoms with E-state index in [2.05, 4.69) is 0 Å². The highest BCUT2D eigenvalue weighted by atomic mass is 35.5. The molecule has 4 rings (SSSR count). The van der Waals surface area contributed by atoms with Crippen molar-refractivity contribution in [2.45, 2.75) is 31.4 Å². The monoisotopic (exact) mass is 387 g/mol. The number of hydrogen-bond donors (Lipinski definition) is 0. The number of carbonyl (C=O) groups is 1. The molecule has 0 aromatic heterocycles. The molecule has 5 nitrogen and oxygen atoms in total. The van der Waals surface area contributed by atoms with Gasteiger partial charge in [-0.2, -0.15) is 0 Å². The van der Waals surface area contributed by atoms with Gasteiger partial charge in [0.1, 0.15) is 17.2 Å². The third-order valence-electron chi connectivity index (χ3n) is 5.31.